The molecule has 2 heterocycles. The quantitative estimate of drug-likeness (QED) is 0.602. The van der Waals surface area contributed by atoms with Crippen LogP contribution in [0.3, 0.4) is 0 Å². The van der Waals surface area contributed by atoms with Crippen molar-refractivity contribution < 1.29 is 9.32 Å². The minimum atomic E-state index is 0.00473. The van der Waals surface area contributed by atoms with Gasteiger partial charge in [-0.25, -0.2) is 0 Å². The van der Waals surface area contributed by atoms with E-state index in [1.165, 1.54) is 0 Å². The van der Waals surface area contributed by atoms with Crippen LogP contribution in [-0.4, -0.2) is 34.0 Å². The molecule has 1 aliphatic heterocycles. The van der Waals surface area contributed by atoms with E-state index in [-0.39, 0.29) is 11.8 Å². The summed E-state index contributed by atoms with van der Waals surface area (Å²) in [5.74, 6) is 1.12. The Hall–Kier alpha value is -2.41. The first kappa shape index (κ1) is 20.8. The number of aromatic nitrogens is 2. The van der Waals surface area contributed by atoms with Crippen LogP contribution in [0.1, 0.15) is 24.3 Å². The predicted octanol–water partition coefficient (Wildman–Crippen LogP) is 4.57. The molecule has 0 saturated carbocycles. The molecule has 1 N–H and O–H groups in total. The van der Waals surface area contributed by atoms with Crippen LogP contribution in [0.25, 0.3) is 11.4 Å². The molecular weight excluding hydrogens is 423 g/mol. The number of hydrogen-bond donors (Lipinski definition) is 1. The Morgan fingerprint density at radius 1 is 1.07 bits per heavy atom. The number of amides is 1. The molecule has 30 heavy (non-hydrogen) atoms. The highest BCUT2D eigenvalue weighted by atomic mass is 35.5. The maximum absolute atomic E-state index is 12.5. The maximum atomic E-state index is 12.5. The maximum Gasteiger partial charge on any atom is 0.241 e. The molecule has 0 bridgehead atoms. The molecule has 0 unspecified atom stereocenters. The summed E-state index contributed by atoms with van der Waals surface area (Å²) in [4.78, 5) is 19.2. The fourth-order valence-corrected chi connectivity index (χ4v) is 4.01. The number of benzene rings is 2. The molecule has 156 valence electrons. The Bertz CT molecular complexity index is 1020. The van der Waals surface area contributed by atoms with E-state index in [9.17, 15) is 4.79 Å². The molecule has 1 fully saturated rings. The summed E-state index contributed by atoms with van der Waals surface area (Å²) in [6.07, 6.45) is 1.58. The van der Waals surface area contributed by atoms with Crippen molar-refractivity contribution in [1.29, 1.82) is 0 Å². The second-order valence-electron chi connectivity index (χ2n) is 7.35. The van der Waals surface area contributed by atoms with Gasteiger partial charge < -0.3 is 9.84 Å². The number of piperidine rings is 1. The van der Waals surface area contributed by atoms with Gasteiger partial charge in [-0.15, -0.1) is 0 Å². The second-order valence-corrected chi connectivity index (χ2v) is 8.17. The summed E-state index contributed by atoms with van der Waals surface area (Å²) in [5.41, 5.74) is 1.68. The lowest BCUT2D eigenvalue weighted by atomic mass is 9.96. The van der Waals surface area contributed by atoms with Gasteiger partial charge in [-0.3, -0.25) is 9.69 Å². The minimum Gasteiger partial charge on any atom is -0.352 e. The van der Waals surface area contributed by atoms with Gasteiger partial charge in [-0.2, -0.15) is 4.98 Å². The van der Waals surface area contributed by atoms with Crippen LogP contribution in [0.15, 0.2) is 53.1 Å². The standard InChI is InChI=1S/C22H22Cl2N4O2/c23-18-7-3-1-5-16(18)13-25-22(29)15-9-11-28(12-10-15)14-20-26-21(27-30-20)17-6-2-4-8-19(17)24/h1-8,15H,9-14H2,(H,25,29). The first-order chi connectivity index (χ1) is 14.6. The van der Waals surface area contributed by atoms with Crippen molar-refractivity contribution in [3.63, 3.8) is 0 Å². The van der Waals surface area contributed by atoms with Crippen LogP contribution in [0, 0.1) is 5.92 Å². The number of likely N-dealkylation sites (tertiary alicyclic amines) is 1. The molecule has 2 aromatic carbocycles. The van der Waals surface area contributed by atoms with Crippen molar-refractivity contribution in [1.82, 2.24) is 20.4 Å². The van der Waals surface area contributed by atoms with Gasteiger partial charge in [0.2, 0.25) is 17.6 Å². The molecular formula is C22H22Cl2N4O2. The zero-order valence-electron chi connectivity index (χ0n) is 16.4. The average Bonchev–Trinajstić information content (AvgIpc) is 3.22. The third-order valence-electron chi connectivity index (χ3n) is 5.31. The van der Waals surface area contributed by atoms with E-state index in [1.54, 1.807) is 6.07 Å². The fraction of sp³-hybridized carbons (Fsp3) is 0.318. The van der Waals surface area contributed by atoms with Gasteiger partial charge in [-0.05, 0) is 49.7 Å². The molecule has 1 amide bonds. The molecule has 1 aliphatic rings. The molecule has 6 nitrogen and oxygen atoms in total. The minimum absolute atomic E-state index is 0.00473. The number of halogens is 2. The summed E-state index contributed by atoms with van der Waals surface area (Å²) in [6, 6.07) is 15.0. The summed E-state index contributed by atoms with van der Waals surface area (Å²) in [7, 11) is 0. The first-order valence-electron chi connectivity index (χ1n) is 9.91. The number of carbonyl (C=O) groups is 1. The Balaban J connectivity index is 1.26. The van der Waals surface area contributed by atoms with E-state index in [0.29, 0.717) is 34.8 Å². The van der Waals surface area contributed by atoms with Crippen molar-refractivity contribution in [2.45, 2.75) is 25.9 Å². The Morgan fingerprint density at radius 3 is 2.50 bits per heavy atom. The van der Waals surface area contributed by atoms with Crippen molar-refractivity contribution in [3.05, 3.63) is 70.0 Å². The van der Waals surface area contributed by atoms with Gasteiger partial charge >= 0.3 is 0 Å². The van der Waals surface area contributed by atoms with E-state index in [4.69, 9.17) is 27.7 Å². The van der Waals surface area contributed by atoms with E-state index in [2.05, 4.69) is 20.4 Å². The van der Waals surface area contributed by atoms with E-state index in [1.807, 2.05) is 42.5 Å². The highest BCUT2D eigenvalue weighted by Crippen LogP contribution is 2.26. The average molecular weight is 445 g/mol. The topological polar surface area (TPSA) is 71.3 Å². The smallest absolute Gasteiger partial charge is 0.241 e. The summed E-state index contributed by atoms with van der Waals surface area (Å²) >= 11 is 12.4. The van der Waals surface area contributed by atoms with Gasteiger partial charge in [0.15, 0.2) is 0 Å². The predicted molar refractivity (Wildman–Crippen MR) is 116 cm³/mol. The number of nitrogens with zero attached hydrogens (tertiary/aromatic N) is 3. The van der Waals surface area contributed by atoms with Crippen LogP contribution < -0.4 is 5.32 Å². The van der Waals surface area contributed by atoms with Crippen LogP contribution in [-0.2, 0) is 17.9 Å². The van der Waals surface area contributed by atoms with Gasteiger partial charge in [0.05, 0.1) is 11.6 Å². The monoisotopic (exact) mass is 444 g/mol. The van der Waals surface area contributed by atoms with Crippen molar-refractivity contribution in [2.24, 2.45) is 5.92 Å². The van der Waals surface area contributed by atoms with Gasteiger partial charge in [0.25, 0.3) is 0 Å². The van der Waals surface area contributed by atoms with Gasteiger partial charge in [-0.1, -0.05) is 58.7 Å². The zero-order chi connectivity index (χ0) is 20.9. The number of hydrogen-bond acceptors (Lipinski definition) is 5. The third kappa shape index (κ3) is 5.01. The fourth-order valence-electron chi connectivity index (χ4n) is 3.58. The Morgan fingerprint density at radius 2 is 1.77 bits per heavy atom. The SMILES string of the molecule is O=C(NCc1ccccc1Cl)C1CCN(Cc2nc(-c3ccccc3Cl)no2)CC1. The molecule has 1 aromatic heterocycles. The number of nitrogens with one attached hydrogen (secondary N) is 1. The summed E-state index contributed by atoms with van der Waals surface area (Å²) in [5, 5.41) is 8.31. The Kier molecular flexibility index (Phi) is 6.67. The van der Waals surface area contributed by atoms with E-state index >= 15 is 0 Å². The number of rotatable bonds is 6. The normalized spacial score (nSPS) is 15.3. The summed E-state index contributed by atoms with van der Waals surface area (Å²) < 4.78 is 5.40. The molecule has 0 spiro atoms. The zero-order valence-corrected chi connectivity index (χ0v) is 17.9. The summed E-state index contributed by atoms with van der Waals surface area (Å²) in [6.45, 7) is 2.61. The lowest BCUT2D eigenvalue weighted by Crippen LogP contribution is -2.40. The molecule has 0 atom stereocenters. The van der Waals surface area contributed by atoms with Crippen molar-refractivity contribution in [2.75, 3.05) is 13.1 Å². The molecule has 0 aliphatic carbocycles. The number of carbonyl (C=O) groups excluding carboxylic acids is 1. The van der Waals surface area contributed by atoms with E-state index in [0.717, 1.165) is 37.1 Å². The lowest BCUT2D eigenvalue weighted by molar-refractivity contribution is -0.126. The highest BCUT2D eigenvalue weighted by molar-refractivity contribution is 6.33. The van der Waals surface area contributed by atoms with Crippen LogP contribution in [0.5, 0.6) is 0 Å². The van der Waals surface area contributed by atoms with Crippen LogP contribution in [0.4, 0.5) is 0 Å². The first-order valence-corrected chi connectivity index (χ1v) is 10.7. The molecule has 1 saturated heterocycles. The van der Waals surface area contributed by atoms with Gasteiger partial charge in [0.1, 0.15) is 0 Å². The lowest BCUT2D eigenvalue weighted by Gasteiger charge is -2.30. The molecule has 8 heteroatoms. The van der Waals surface area contributed by atoms with Gasteiger partial charge in [0, 0.05) is 23.0 Å². The van der Waals surface area contributed by atoms with Crippen LogP contribution in [0.2, 0.25) is 10.0 Å². The third-order valence-corrected chi connectivity index (χ3v) is 6.01. The molecule has 4 rings (SSSR count). The molecule has 3 aromatic rings. The second kappa shape index (κ2) is 9.60. The highest BCUT2D eigenvalue weighted by Gasteiger charge is 2.26. The largest absolute Gasteiger partial charge is 0.352 e. The van der Waals surface area contributed by atoms with E-state index < -0.39 is 0 Å². The Labute approximate surface area is 185 Å². The molecule has 0 radical (unpaired) electrons. The van der Waals surface area contributed by atoms with Crippen molar-refractivity contribution in [3.8, 4) is 11.4 Å². The van der Waals surface area contributed by atoms with Crippen molar-refractivity contribution >= 4 is 29.1 Å². The van der Waals surface area contributed by atoms with Crippen LogP contribution >= 0.6 is 23.2 Å².